The van der Waals surface area contributed by atoms with Crippen molar-refractivity contribution in [3.63, 3.8) is 0 Å². The Morgan fingerprint density at radius 2 is 1.82 bits per heavy atom. The lowest BCUT2D eigenvalue weighted by Gasteiger charge is -2.14. The zero-order chi connectivity index (χ0) is 24.3. The molecule has 1 atom stereocenters. The first kappa shape index (κ1) is 23.5. The number of carbonyl (C=O) groups is 1. The second kappa shape index (κ2) is 9.68. The van der Waals surface area contributed by atoms with Gasteiger partial charge in [0, 0.05) is 17.0 Å². The van der Waals surface area contributed by atoms with Gasteiger partial charge in [-0.3, -0.25) is 4.79 Å². The topological polar surface area (TPSA) is 85.5 Å². The van der Waals surface area contributed by atoms with E-state index in [9.17, 15) is 23.1 Å². The van der Waals surface area contributed by atoms with Crippen LogP contribution in [0.5, 0.6) is 5.75 Å². The van der Waals surface area contributed by atoms with Gasteiger partial charge in [-0.1, -0.05) is 29.4 Å². The Morgan fingerprint density at radius 3 is 2.41 bits per heavy atom. The highest BCUT2D eigenvalue weighted by molar-refractivity contribution is 7.15. The fraction of sp³-hybridized carbons (Fsp3) is 0.208. The number of ether oxygens (including phenoxy) is 1. The summed E-state index contributed by atoms with van der Waals surface area (Å²) in [5.41, 5.74) is 2.11. The van der Waals surface area contributed by atoms with E-state index in [0.29, 0.717) is 21.9 Å². The fourth-order valence-corrected chi connectivity index (χ4v) is 4.40. The molecule has 0 amide bonds. The third kappa shape index (κ3) is 5.45. The molecule has 0 aliphatic heterocycles. The van der Waals surface area contributed by atoms with E-state index in [-0.39, 0.29) is 13.0 Å². The van der Waals surface area contributed by atoms with E-state index in [1.54, 1.807) is 24.3 Å². The van der Waals surface area contributed by atoms with Crippen LogP contribution in [0, 0.1) is 6.92 Å². The highest BCUT2D eigenvalue weighted by Crippen LogP contribution is 2.34. The van der Waals surface area contributed by atoms with Crippen LogP contribution in [0.1, 0.15) is 39.6 Å². The van der Waals surface area contributed by atoms with E-state index in [0.717, 1.165) is 28.3 Å². The van der Waals surface area contributed by atoms with Crippen molar-refractivity contribution in [2.75, 3.05) is 0 Å². The van der Waals surface area contributed by atoms with Gasteiger partial charge < -0.3 is 14.4 Å². The number of benzene rings is 2. The summed E-state index contributed by atoms with van der Waals surface area (Å²) in [4.78, 5) is 16.6. The van der Waals surface area contributed by atoms with Crippen LogP contribution in [0.15, 0.2) is 65.5 Å². The number of hydrogen-bond donors (Lipinski definition) is 1. The quantitative estimate of drug-likeness (QED) is 0.313. The maximum absolute atomic E-state index is 12.8. The number of aromatic nitrogens is 2. The molecular formula is C24H19F3N2O4S. The molecule has 0 saturated carbocycles. The molecule has 0 saturated heterocycles. The molecule has 0 radical (unpaired) electrons. The highest BCUT2D eigenvalue weighted by Gasteiger charge is 2.30. The summed E-state index contributed by atoms with van der Waals surface area (Å²) in [5.74, 6) is -0.740. The van der Waals surface area contributed by atoms with Crippen molar-refractivity contribution in [1.29, 1.82) is 0 Å². The third-order valence-corrected chi connectivity index (χ3v) is 6.42. The monoisotopic (exact) mass is 488 g/mol. The number of alkyl halides is 3. The zero-order valence-electron chi connectivity index (χ0n) is 17.9. The van der Waals surface area contributed by atoms with Gasteiger partial charge in [0.25, 0.3) is 0 Å². The van der Waals surface area contributed by atoms with E-state index in [1.807, 2.05) is 6.92 Å². The van der Waals surface area contributed by atoms with Gasteiger partial charge in [-0.25, -0.2) is 4.98 Å². The van der Waals surface area contributed by atoms with Gasteiger partial charge >= 0.3 is 12.1 Å². The molecule has 0 fully saturated rings. The molecule has 1 unspecified atom stereocenters. The van der Waals surface area contributed by atoms with Crippen LogP contribution in [0.4, 0.5) is 13.2 Å². The predicted molar refractivity (Wildman–Crippen MR) is 119 cm³/mol. The van der Waals surface area contributed by atoms with Crippen molar-refractivity contribution in [1.82, 2.24) is 10.1 Å². The molecule has 2 aromatic carbocycles. The molecule has 10 heteroatoms. The Morgan fingerprint density at radius 1 is 1.12 bits per heavy atom. The van der Waals surface area contributed by atoms with Crippen molar-refractivity contribution in [3.8, 4) is 16.3 Å². The summed E-state index contributed by atoms with van der Waals surface area (Å²) < 4.78 is 49.1. The smallest absolute Gasteiger partial charge is 0.416 e. The summed E-state index contributed by atoms with van der Waals surface area (Å²) in [6, 6.07) is 12.0. The number of nitrogens with zero attached hydrogens (tertiary/aromatic N) is 2. The molecule has 4 rings (SSSR count). The number of aryl methyl sites for hydroxylation is 1. The number of hydrogen-bond acceptors (Lipinski definition) is 6. The van der Waals surface area contributed by atoms with Crippen LogP contribution in [-0.2, 0) is 17.6 Å². The number of aliphatic carboxylic acids is 1. The van der Waals surface area contributed by atoms with Crippen LogP contribution < -0.4 is 4.74 Å². The van der Waals surface area contributed by atoms with Gasteiger partial charge in [0.2, 0.25) is 0 Å². The zero-order valence-corrected chi connectivity index (χ0v) is 18.7. The Bertz CT molecular complexity index is 1250. The third-order valence-electron chi connectivity index (χ3n) is 5.24. The van der Waals surface area contributed by atoms with Gasteiger partial charge in [0.15, 0.2) is 0 Å². The maximum Gasteiger partial charge on any atom is 0.416 e. The van der Waals surface area contributed by atoms with Gasteiger partial charge in [0.05, 0.1) is 28.8 Å². The van der Waals surface area contributed by atoms with Gasteiger partial charge in [-0.05, 0) is 36.8 Å². The molecule has 2 aromatic heterocycles. The van der Waals surface area contributed by atoms with Crippen LogP contribution in [0.3, 0.4) is 0 Å². The predicted octanol–water partition coefficient (Wildman–Crippen LogP) is 6.31. The van der Waals surface area contributed by atoms with Crippen molar-refractivity contribution < 1.29 is 32.3 Å². The lowest BCUT2D eigenvalue weighted by atomic mass is 9.91. The van der Waals surface area contributed by atoms with Gasteiger partial charge in [0.1, 0.15) is 23.6 Å². The Labute approximate surface area is 196 Å². The largest absolute Gasteiger partial charge is 0.488 e. The summed E-state index contributed by atoms with van der Waals surface area (Å²) >= 11 is 1.36. The first-order valence-electron chi connectivity index (χ1n) is 10.2. The summed E-state index contributed by atoms with van der Waals surface area (Å²) in [6.45, 7) is 2.06. The second-order valence-electron chi connectivity index (χ2n) is 7.57. The van der Waals surface area contributed by atoms with Crippen molar-refractivity contribution in [2.45, 2.75) is 32.0 Å². The maximum atomic E-state index is 12.8. The molecule has 0 spiro atoms. The average molecular weight is 488 g/mol. The average Bonchev–Trinajstić information content (AvgIpc) is 3.46. The number of thiazole rings is 1. The molecule has 0 aliphatic carbocycles. The first-order chi connectivity index (χ1) is 16.2. The molecule has 0 bridgehead atoms. The Balaban J connectivity index is 1.44. The van der Waals surface area contributed by atoms with E-state index < -0.39 is 23.6 Å². The lowest BCUT2D eigenvalue weighted by Crippen LogP contribution is -2.07. The van der Waals surface area contributed by atoms with E-state index in [1.165, 1.54) is 35.9 Å². The van der Waals surface area contributed by atoms with Crippen molar-refractivity contribution >= 4 is 17.3 Å². The standard InChI is InChI=1S/C24H19F3N2O4S/c1-14-21(34-23(29-14)16-2-6-18(7-3-16)24(25,26)27)13-32-19-8-4-15(5-9-19)20(10-22(30)31)17-11-28-33-12-17/h2-9,11-12,20H,10,13H2,1H3,(H,30,31). The van der Waals surface area contributed by atoms with E-state index >= 15 is 0 Å². The Kier molecular flexibility index (Phi) is 6.69. The lowest BCUT2D eigenvalue weighted by molar-refractivity contribution is -0.138. The normalized spacial score (nSPS) is 12.5. The fourth-order valence-electron chi connectivity index (χ4n) is 3.42. The first-order valence-corrected chi connectivity index (χ1v) is 11.0. The number of carboxylic acids is 1. The molecule has 176 valence electrons. The molecule has 6 nitrogen and oxygen atoms in total. The minimum atomic E-state index is -4.38. The summed E-state index contributed by atoms with van der Waals surface area (Å²) in [6.07, 6.45) is -1.55. The minimum absolute atomic E-state index is 0.103. The SMILES string of the molecule is Cc1nc(-c2ccc(C(F)(F)F)cc2)sc1COc1ccc(C(CC(=O)O)c2cnoc2)cc1. The molecule has 1 N–H and O–H groups in total. The molecule has 4 aromatic rings. The van der Waals surface area contributed by atoms with E-state index in [4.69, 9.17) is 9.26 Å². The number of rotatable bonds is 8. The Hall–Kier alpha value is -3.66. The highest BCUT2D eigenvalue weighted by atomic mass is 32.1. The summed E-state index contributed by atoms with van der Waals surface area (Å²) in [5, 5.41) is 13.5. The summed E-state index contributed by atoms with van der Waals surface area (Å²) in [7, 11) is 0. The number of halogens is 3. The van der Waals surface area contributed by atoms with Crippen LogP contribution >= 0.6 is 11.3 Å². The van der Waals surface area contributed by atoms with Crippen LogP contribution in [0.25, 0.3) is 10.6 Å². The molecular weight excluding hydrogens is 469 g/mol. The molecule has 34 heavy (non-hydrogen) atoms. The van der Waals surface area contributed by atoms with Gasteiger partial charge in [-0.2, -0.15) is 13.2 Å². The van der Waals surface area contributed by atoms with Crippen LogP contribution in [-0.4, -0.2) is 21.2 Å². The molecule has 2 heterocycles. The molecule has 0 aliphatic rings. The minimum Gasteiger partial charge on any atom is -0.488 e. The van der Waals surface area contributed by atoms with Gasteiger partial charge in [-0.15, -0.1) is 11.3 Å². The number of carboxylic acid groups (broad SMARTS) is 1. The second-order valence-corrected chi connectivity index (χ2v) is 8.65. The van der Waals surface area contributed by atoms with Crippen LogP contribution in [0.2, 0.25) is 0 Å². The van der Waals surface area contributed by atoms with Crippen molar-refractivity contribution in [3.05, 3.63) is 88.3 Å². The van der Waals surface area contributed by atoms with Crippen molar-refractivity contribution in [2.24, 2.45) is 0 Å². The van der Waals surface area contributed by atoms with E-state index in [2.05, 4.69) is 10.1 Å².